The van der Waals surface area contributed by atoms with Crippen molar-refractivity contribution in [3.05, 3.63) is 36.1 Å². The van der Waals surface area contributed by atoms with Crippen LogP contribution < -0.4 is 4.84 Å². The maximum atomic E-state index is 11.9. The Morgan fingerprint density at radius 1 is 1.47 bits per heavy atom. The molecule has 0 saturated carbocycles. The first-order valence-corrected chi connectivity index (χ1v) is 4.75. The molecule has 90 valence electrons. The lowest BCUT2D eigenvalue weighted by Crippen LogP contribution is -2.27. The molecule has 2 N–H and O–H groups in total. The highest BCUT2D eigenvalue weighted by Gasteiger charge is 2.18. The van der Waals surface area contributed by atoms with E-state index in [0.717, 1.165) is 17.0 Å². The summed E-state index contributed by atoms with van der Waals surface area (Å²) in [6.07, 6.45) is 4.15. The Hall–Kier alpha value is -2.37. The minimum atomic E-state index is -2.37. The maximum absolute atomic E-state index is 11.9. The standard InChI is InChI=1S/C11H12N2O4/c1-12-6-2-3-8(7-12)11(16)17-13-9(14)4-5-10(13)15/h2-6,14-15H,7H2,1H3/i1D3. The molecule has 0 amide bonds. The Morgan fingerprint density at radius 2 is 2.18 bits per heavy atom. The van der Waals surface area contributed by atoms with Crippen molar-refractivity contribution in [2.24, 2.45) is 0 Å². The summed E-state index contributed by atoms with van der Waals surface area (Å²) >= 11 is 0. The van der Waals surface area contributed by atoms with E-state index >= 15 is 0 Å². The van der Waals surface area contributed by atoms with E-state index in [-0.39, 0.29) is 12.1 Å². The zero-order valence-electron chi connectivity index (χ0n) is 11.7. The zero-order valence-corrected chi connectivity index (χ0v) is 8.70. The van der Waals surface area contributed by atoms with Gasteiger partial charge in [0.05, 0.1) is 5.57 Å². The van der Waals surface area contributed by atoms with Gasteiger partial charge in [-0.05, 0) is 18.4 Å². The van der Waals surface area contributed by atoms with Crippen LogP contribution in [0.25, 0.3) is 0 Å². The van der Waals surface area contributed by atoms with Crippen molar-refractivity contribution in [1.82, 2.24) is 9.63 Å². The summed E-state index contributed by atoms with van der Waals surface area (Å²) in [6, 6.07) is 2.29. The molecular weight excluding hydrogens is 224 g/mol. The fraction of sp³-hybridized carbons (Fsp3) is 0.182. The van der Waals surface area contributed by atoms with Gasteiger partial charge in [0.1, 0.15) is 0 Å². The summed E-state index contributed by atoms with van der Waals surface area (Å²) in [4.78, 5) is 17.6. The first kappa shape index (κ1) is 7.83. The maximum Gasteiger partial charge on any atom is 0.361 e. The molecule has 0 bridgehead atoms. The van der Waals surface area contributed by atoms with Crippen molar-refractivity contribution in [2.75, 3.05) is 13.5 Å². The Kier molecular flexibility index (Phi) is 1.96. The lowest BCUT2D eigenvalue weighted by molar-refractivity contribution is -0.141. The van der Waals surface area contributed by atoms with E-state index in [4.69, 9.17) is 8.95 Å². The fourth-order valence-electron chi connectivity index (χ4n) is 1.32. The number of likely N-dealkylation sites (N-methyl/N-ethyl adjacent to an activating group) is 1. The predicted molar refractivity (Wildman–Crippen MR) is 59.2 cm³/mol. The molecule has 6 nitrogen and oxygen atoms in total. The van der Waals surface area contributed by atoms with Gasteiger partial charge in [0.15, 0.2) is 0 Å². The van der Waals surface area contributed by atoms with Crippen LogP contribution in [-0.4, -0.2) is 39.3 Å². The lowest BCUT2D eigenvalue weighted by atomic mass is 10.2. The smallest absolute Gasteiger partial charge is 0.361 e. The molecule has 2 heterocycles. The minimum Gasteiger partial charge on any atom is -0.492 e. The van der Waals surface area contributed by atoms with Crippen LogP contribution in [-0.2, 0) is 4.79 Å². The van der Waals surface area contributed by atoms with Gasteiger partial charge in [0.25, 0.3) is 0 Å². The monoisotopic (exact) mass is 239 g/mol. The molecule has 0 spiro atoms. The SMILES string of the molecule is [2H]C([2H])([2H])N1C=CC=C(C(=O)On2c(O)ccc2O)C1. The molecular formula is C11H12N2O4. The second-order valence-electron chi connectivity index (χ2n) is 3.38. The van der Waals surface area contributed by atoms with Crippen LogP contribution in [0.1, 0.15) is 4.11 Å². The third kappa shape index (κ3) is 2.25. The lowest BCUT2D eigenvalue weighted by Gasteiger charge is -2.18. The Bertz CT molecular complexity index is 569. The van der Waals surface area contributed by atoms with Crippen LogP contribution in [0.4, 0.5) is 0 Å². The van der Waals surface area contributed by atoms with Gasteiger partial charge in [-0.1, -0.05) is 0 Å². The molecule has 2 rings (SSSR count). The molecule has 17 heavy (non-hydrogen) atoms. The highest BCUT2D eigenvalue weighted by molar-refractivity contribution is 5.89. The third-order valence-electron chi connectivity index (χ3n) is 2.14. The largest absolute Gasteiger partial charge is 0.492 e. The van der Waals surface area contributed by atoms with Crippen LogP contribution in [0, 0.1) is 0 Å². The molecule has 0 aromatic carbocycles. The minimum absolute atomic E-state index is 0.0797. The van der Waals surface area contributed by atoms with Crippen molar-refractivity contribution in [1.29, 1.82) is 0 Å². The van der Waals surface area contributed by atoms with Crippen molar-refractivity contribution in [3.8, 4) is 11.8 Å². The number of aromatic hydroxyl groups is 2. The highest BCUT2D eigenvalue weighted by Crippen LogP contribution is 2.19. The summed E-state index contributed by atoms with van der Waals surface area (Å²) in [6.45, 7) is -2.53. The van der Waals surface area contributed by atoms with Gasteiger partial charge >= 0.3 is 5.97 Å². The molecule has 0 fully saturated rings. The van der Waals surface area contributed by atoms with E-state index in [9.17, 15) is 15.0 Å². The van der Waals surface area contributed by atoms with E-state index in [2.05, 4.69) is 0 Å². The quantitative estimate of drug-likeness (QED) is 0.773. The summed E-state index contributed by atoms with van der Waals surface area (Å²) in [7, 11) is 0. The Balaban J connectivity index is 2.11. The number of aromatic nitrogens is 1. The molecule has 0 atom stereocenters. The van der Waals surface area contributed by atoms with Gasteiger partial charge in [0, 0.05) is 29.8 Å². The molecule has 6 heteroatoms. The number of carbonyl (C=O) groups excluding carboxylic acids is 1. The molecule has 0 aliphatic carbocycles. The topological polar surface area (TPSA) is 74.9 Å². The highest BCUT2D eigenvalue weighted by atomic mass is 16.7. The molecule has 1 aromatic rings. The van der Waals surface area contributed by atoms with E-state index < -0.39 is 24.7 Å². The van der Waals surface area contributed by atoms with E-state index in [1.54, 1.807) is 0 Å². The van der Waals surface area contributed by atoms with Crippen molar-refractivity contribution in [3.63, 3.8) is 0 Å². The first-order chi connectivity index (χ1) is 9.29. The van der Waals surface area contributed by atoms with E-state index in [1.807, 2.05) is 0 Å². The number of nitrogens with zero attached hydrogens (tertiary/aromatic N) is 2. The summed E-state index contributed by atoms with van der Waals surface area (Å²) in [5.74, 6) is -1.77. The summed E-state index contributed by atoms with van der Waals surface area (Å²) in [5, 5.41) is 18.7. The average Bonchev–Trinajstić information content (AvgIpc) is 2.69. The van der Waals surface area contributed by atoms with Crippen LogP contribution in [0.15, 0.2) is 36.1 Å². The van der Waals surface area contributed by atoms with Crippen LogP contribution in [0.2, 0.25) is 0 Å². The average molecular weight is 239 g/mol. The molecule has 0 saturated heterocycles. The van der Waals surface area contributed by atoms with E-state index in [0.29, 0.717) is 4.73 Å². The Morgan fingerprint density at radius 3 is 2.82 bits per heavy atom. The predicted octanol–water partition coefficient (Wildman–Crippen LogP) is 0.240. The number of hydrogen-bond donors (Lipinski definition) is 2. The van der Waals surface area contributed by atoms with Crippen LogP contribution in [0.3, 0.4) is 0 Å². The molecule has 1 aromatic heterocycles. The second-order valence-corrected chi connectivity index (χ2v) is 3.38. The van der Waals surface area contributed by atoms with Gasteiger partial charge in [-0.25, -0.2) is 4.79 Å². The van der Waals surface area contributed by atoms with Gasteiger partial charge < -0.3 is 20.0 Å². The van der Waals surface area contributed by atoms with Gasteiger partial charge in [-0.2, -0.15) is 0 Å². The molecule has 0 unspecified atom stereocenters. The molecule has 0 radical (unpaired) electrons. The number of allylic oxidation sites excluding steroid dienone is 2. The van der Waals surface area contributed by atoms with Gasteiger partial charge in [-0.3, -0.25) is 0 Å². The number of hydrogen-bond acceptors (Lipinski definition) is 5. The Labute approximate surface area is 102 Å². The van der Waals surface area contributed by atoms with Crippen LogP contribution in [0.5, 0.6) is 11.8 Å². The summed E-state index contributed by atoms with van der Waals surface area (Å²) in [5.41, 5.74) is 0.0797. The van der Waals surface area contributed by atoms with Crippen LogP contribution >= 0.6 is 0 Å². The van der Waals surface area contributed by atoms with Crippen molar-refractivity contribution < 1.29 is 24.0 Å². The first-order valence-electron chi connectivity index (χ1n) is 6.25. The summed E-state index contributed by atoms with van der Waals surface area (Å²) < 4.78 is 22.3. The third-order valence-corrected chi connectivity index (χ3v) is 2.14. The van der Waals surface area contributed by atoms with Gasteiger partial charge in [-0.15, -0.1) is 4.73 Å². The zero-order chi connectivity index (χ0) is 14.9. The number of carbonyl (C=O) groups is 1. The second kappa shape index (κ2) is 4.25. The normalized spacial score (nSPS) is 18.0. The molecule has 1 aliphatic heterocycles. The number of rotatable bonds is 2. The van der Waals surface area contributed by atoms with E-state index in [1.165, 1.54) is 18.4 Å². The fourth-order valence-corrected chi connectivity index (χ4v) is 1.32. The van der Waals surface area contributed by atoms with Crippen molar-refractivity contribution >= 4 is 5.97 Å². The molecule has 1 aliphatic rings. The van der Waals surface area contributed by atoms with Gasteiger partial charge in [0.2, 0.25) is 11.8 Å². The van der Waals surface area contributed by atoms with Crippen molar-refractivity contribution in [2.45, 2.75) is 0 Å².